The average molecular weight is 356 g/mol. The predicted molar refractivity (Wildman–Crippen MR) is 97.7 cm³/mol. The quantitative estimate of drug-likeness (QED) is 0.704. The van der Waals surface area contributed by atoms with Gasteiger partial charge in [-0.25, -0.2) is 4.39 Å². The Kier molecular flexibility index (Phi) is 5.40. The number of hydrogen-bond donors (Lipinski definition) is 1. The Morgan fingerprint density at radius 2 is 1.85 bits per heavy atom. The van der Waals surface area contributed by atoms with Crippen LogP contribution in [-0.2, 0) is 11.2 Å². The van der Waals surface area contributed by atoms with Gasteiger partial charge in [0.25, 0.3) is 0 Å². The molecule has 0 atom stereocenters. The molecule has 0 spiro atoms. The molecule has 0 saturated carbocycles. The fourth-order valence-corrected chi connectivity index (χ4v) is 2.68. The van der Waals surface area contributed by atoms with Crippen LogP contribution in [0.15, 0.2) is 36.4 Å². The van der Waals surface area contributed by atoms with E-state index >= 15 is 0 Å². The van der Waals surface area contributed by atoms with Crippen molar-refractivity contribution >= 4 is 23.1 Å². The molecule has 0 radical (unpaired) electrons. The number of fused-ring (bicyclic) bond motifs is 1. The van der Waals surface area contributed by atoms with Gasteiger partial charge in [-0.1, -0.05) is 0 Å². The standard InChI is InChI=1S/C18H21FN6O/c1-3-24(4-2)17-10-9-15-21-22-16(25(15)23-17)11-12-18(26)20-14-7-5-13(19)6-8-14/h5-10H,3-4,11-12H2,1-2H3,(H,20,26). The fourth-order valence-electron chi connectivity index (χ4n) is 2.68. The minimum atomic E-state index is -0.340. The van der Waals surface area contributed by atoms with Crippen molar-refractivity contribution in [2.75, 3.05) is 23.3 Å². The molecule has 0 unspecified atom stereocenters. The lowest BCUT2D eigenvalue weighted by molar-refractivity contribution is -0.116. The molecule has 26 heavy (non-hydrogen) atoms. The number of carbonyl (C=O) groups is 1. The van der Waals surface area contributed by atoms with Gasteiger partial charge in [0.1, 0.15) is 11.6 Å². The molecule has 0 fully saturated rings. The molecule has 7 nitrogen and oxygen atoms in total. The Labute approximate surface area is 150 Å². The molecule has 0 aliphatic rings. The molecular formula is C18H21FN6O. The van der Waals surface area contributed by atoms with E-state index in [9.17, 15) is 9.18 Å². The monoisotopic (exact) mass is 356 g/mol. The maximum Gasteiger partial charge on any atom is 0.224 e. The third kappa shape index (κ3) is 3.96. The van der Waals surface area contributed by atoms with Crippen molar-refractivity contribution in [2.24, 2.45) is 0 Å². The molecule has 0 aliphatic carbocycles. The van der Waals surface area contributed by atoms with Crippen LogP contribution >= 0.6 is 0 Å². The second kappa shape index (κ2) is 7.90. The zero-order chi connectivity index (χ0) is 18.5. The van der Waals surface area contributed by atoms with Crippen LogP contribution in [0.1, 0.15) is 26.1 Å². The van der Waals surface area contributed by atoms with Crippen LogP contribution < -0.4 is 10.2 Å². The van der Waals surface area contributed by atoms with Crippen LogP contribution in [0.4, 0.5) is 15.9 Å². The van der Waals surface area contributed by atoms with Gasteiger partial charge >= 0.3 is 0 Å². The minimum absolute atomic E-state index is 0.173. The van der Waals surface area contributed by atoms with Gasteiger partial charge in [-0.05, 0) is 50.2 Å². The van der Waals surface area contributed by atoms with E-state index in [2.05, 4.69) is 39.4 Å². The lowest BCUT2D eigenvalue weighted by atomic mass is 10.2. The van der Waals surface area contributed by atoms with Gasteiger partial charge in [0.05, 0.1) is 0 Å². The number of aromatic nitrogens is 4. The van der Waals surface area contributed by atoms with Crippen LogP contribution in [0.3, 0.4) is 0 Å². The van der Waals surface area contributed by atoms with E-state index in [1.165, 1.54) is 24.3 Å². The van der Waals surface area contributed by atoms with Crippen LogP contribution in [0, 0.1) is 5.82 Å². The Morgan fingerprint density at radius 1 is 1.12 bits per heavy atom. The van der Waals surface area contributed by atoms with Gasteiger partial charge in [0.2, 0.25) is 5.91 Å². The first-order valence-corrected chi connectivity index (χ1v) is 8.62. The molecule has 2 aromatic heterocycles. The van der Waals surface area contributed by atoms with E-state index in [4.69, 9.17) is 0 Å². The lowest BCUT2D eigenvalue weighted by Crippen LogP contribution is -2.23. The molecular weight excluding hydrogens is 335 g/mol. The number of benzene rings is 1. The van der Waals surface area contributed by atoms with Crippen molar-refractivity contribution < 1.29 is 9.18 Å². The molecule has 8 heteroatoms. The van der Waals surface area contributed by atoms with E-state index in [1.807, 2.05) is 12.1 Å². The zero-order valence-corrected chi connectivity index (χ0v) is 14.8. The van der Waals surface area contributed by atoms with Crippen LogP contribution in [0.5, 0.6) is 0 Å². The summed E-state index contributed by atoms with van der Waals surface area (Å²) in [6, 6.07) is 9.45. The Bertz CT molecular complexity index is 888. The highest BCUT2D eigenvalue weighted by Gasteiger charge is 2.12. The third-order valence-corrected chi connectivity index (χ3v) is 4.10. The Balaban J connectivity index is 1.69. The summed E-state index contributed by atoms with van der Waals surface area (Å²) in [5.41, 5.74) is 1.21. The average Bonchev–Trinajstić information content (AvgIpc) is 3.05. The molecule has 3 rings (SSSR count). The van der Waals surface area contributed by atoms with Crippen LogP contribution in [0.25, 0.3) is 5.65 Å². The molecule has 0 bridgehead atoms. The molecule has 1 aromatic carbocycles. The van der Waals surface area contributed by atoms with E-state index in [-0.39, 0.29) is 18.1 Å². The van der Waals surface area contributed by atoms with Crippen molar-refractivity contribution in [1.82, 2.24) is 19.8 Å². The highest BCUT2D eigenvalue weighted by atomic mass is 19.1. The first kappa shape index (κ1) is 17.8. The largest absolute Gasteiger partial charge is 0.356 e. The molecule has 1 amide bonds. The molecule has 3 aromatic rings. The number of nitrogens with one attached hydrogen (secondary N) is 1. The van der Waals surface area contributed by atoms with Crippen molar-refractivity contribution in [3.05, 3.63) is 48.0 Å². The lowest BCUT2D eigenvalue weighted by Gasteiger charge is -2.19. The summed E-state index contributed by atoms with van der Waals surface area (Å²) in [5.74, 6) is 0.962. The van der Waals surface area contributed by atoms with E-state index in [0.717, 1.165) is 18.9 Å². The smallest absolute Gasteiger partial charge is 0.224 e. The molecule has 1 N–H and O–H groups in total. The second-order valence-corrected chi connectivity index (χ2v) is 5.81. The second-order valence-electron chi connectivity index (χ2n) is 5.81. The minimum Gasteiger partial charge on any atom is -0.356 e. The molecule has 136 valence electrons. The van der Waals surface area contributed by atoms with Crippen molar-refractivity contribution in [2.45, 2.75) is 26.7 Å². The number of amides is 1. The highest BCUT2D eigenvalue weighted by Crippen LogP contribution is 2.13. The number of carbonyl (C=O) groups excluding carboxylic acids is 1. The van der Waals surface area contributed by atoms with E-state index in [0.29, 0.717) is 23.6 Å². The number of anilines is 2. The zero-order valence-electron chi connectivity index (χ0n) is 14.8. The number of rotatable bonds is 7. The third-order valence-electron chi connectivity index (χ3n) is 4.10. The Hall–Kier alpha value is -3.03. The first-order chi connectivity index (χ1) is 12.6. The summed E-state index contributed by atoms with van der Waals surface area (Å²) in [4.78, 5) is 14.2. The summed E-state index contributed by atoms with van der Waals surface area (Å²) in [7, 11) is 0. The number of nitrogens with zero attached hydrogens (tertiary/aromatic N) is 5. The summed E-state index contributed by atoms with van der Waals surface area (Å²) in [6.07, 6.45) is 0.637. The normalized spacial score (nSPS) is 10.9. The summed E-state index contributed by atoms with van der Waals surface area (Å²) in [6.45, 7) is 5.85. The van der Waals surface area contributed by atoms with Gasteiger partial charge in [0.15, 0.2) is 11.5 Å². The van der Waals surface area contributed by atoms with Crippen LogP contribution in [0.2, 0.25) is 0 Å². The van der Waals surface area contributed by atoms with Gasteiger partial charge in [-0.15, -0.1) is 15.3 Å². The van der Waals surface area contributed by atoms with E-state index in [1.54, 1.807) is 4.52 Å². The highest BCUT2D eigenvalue weighted by molar-refractivity contribution is 5.90. The predicted octanol–water partition coefficient (Wildman–Crippen LogP) is 2.68. The molecule has 2 heterocycles. The topological polar surface area (TPSA) is 75.4 Å². The van der Waals surface area contributed by atoms with Gasteiger partial charge in [-0.3, -0.25) is 4.79 Å². The fraction of sp³-hybridized carbons (Fsp3) is 0.333. The van der Waals surface area contributed by atoms with Crippen molar-refractivity contribution in [3.63, 3.8) is 0 Å². The first-order valence-electron chi connectivity index (χ1n) is 8.62. The van der Waals surface area contributed by atoms with Gasteiger partial charge in [0, 0.05) is 31.6 Å². The van der Waals surface area contributed by atoms with Crippen LogP contribution in [-0.4, -0.2) is 38.8 Å². The summed E-state index contributed by atoms with van der Waals surface area (Å²) in [5, 5.41) is 15.6. The molecule has 0 aliphatic heterocycles. The van der Waals surface area contributed by atoms with E-state index < -0.39 is 0 Å². The summed E-state index contributed by atoms with van der Waals surface area (Å²) < 4.78 is 14.6. The SMILES string of the molecule is CCN(CC)c1ccc2nnc(CCC(=O)Nc3ccc(F)cc3)n2n1. The van der Waals surface area contributed by atoms with Gasteiger partial charge in [-0.2, -0.15) is 4.52 Å². The maximum absolute atomic E-state index is 12.9. The number of aryl methyl sites for hydroxylation is 1. The van der Waals surface area contributed by atoms with Gasteiger partial charge < -0.3 is 10.2 Å². The number of hydrogen-bond acceptors (Lipinski definition) is 5. The van der Waals surface area contributed by atoms with Crippen molar-refractivity contribution in [1.29, 1.82) is 0 Å². The molecule has 0 saturated heterocycles. The Morgan fingerprint density at radius 3 is 2.54 bits per heavy atom. The number of halogens is 1. The summed E-state index contributed by atoms with van der Waals surface area (Å²) >= 11 is 0. The van der Waals surface area contributed by atoms with Crippen molar-refractivity contribution in [3.8, 4) is 0 Å². The maximum atomic E-state index is 12.9.